The van der Waals surface area contributed by atoms with Gasteiger partial charge in [-0.1, -0.05) is 0 Å². The Balaban J connectivity index is 1.50. The molecule has 200 valence electrons. The third-order valence-corrected chi connectivity index (χ3v) is 6.53. The van der Waals surface area contributed by atoms with Crippen molar-refractivity contribution in [1.82, 2.24) is 25.3 Å². The number of nitrogens with one attached hydrogen (secondary N) is 2. The molecule has 0 radical (unpaired) electrons. The lowest BCUT2D eigenvalue weighted by atomic mass is 10.1. The molecule has 5 N–H and O–H groups in total. The normalized spacial score (nSPS) is 11.9. The van der Waals surface area contributed by atoms with Crippen LogP contribution in [-0.2, 0) is 21.2 Å². The van der Waals surface area contributed by atoms with Crippen LogP contribution in [0.25, 0.3) is 11.4 Å². The Kier molecular flexibility index (Phi) is 7.71. The molecule has 15 heteroatoms. The van der Waals surface area contributed by atoms with E-state index in [0.717, 1.165) is 6.07 Å². The molecule has 0 spiro atoms. The first-order chi connectivity index (χ1) is 18.5. The number of halogens is 2. The number of rotatable bonds is 9. The number of carbonyl (C=O) groups is 2. The van der Waals surface area contributed by atoms with Crippen LogP contribution in [0.1, 0.15) is 16.1 Å². The minimum Gasteiger partial charge on any atom is -0.480 e. The fourth-order valence-electron chi connectivity index (χ4n) is 3.32. The number of carboxylic acids is 1. The first-order valence-corrected chi connectivity index (χ1v) is 12.5. The Bertz CT molecular complexity index is 1620. The van der Waals surface area contributed by atoms with Gasteiger partial charge in [0, 0.05) is 42.3 Å². The van der Waals surface area contributed by atoms with Crippen molar-refractivity contribution in [2.24, 2.45) is 0 Å². The number of carbonyl (C=O) groups excluding carboxylic acids is 1. The molecule has 0 aliphatic rings. The maximum absolute atomic E-state index is 14.8. The molecule has 4 aromatic rings. The molecule has 3 aromatic heterocycles. The SMILES string of the molecule is Nc1ccc(C[C@H](NC(=O)c2cc(F)c(NS(=O)(=O)c3ccc(-c4ncccn4)cn3)cc2F)C(=O)O)nc1. The largest absolute Gasteiger partial charge is 0.480 e. The van der Waals surface area contributed by atoms with Crippen molar-refractivity contribution < 1.29 is 31.9 Å². The Labute approximate surface area is 220 Å². The summed E-state index contributed by atoms with van der Waals surface area (Å²) in [5.74, 6) is -4.95. The van der Waals surface area contributed by atoms with Gasteiger partial charge < -0.3 is 16.2 Å². The van der Waals surface area contributed by atoms with Crippen LogP contribution in [0.3, 0.4) is 0 Å². The number of nitrogens with zero attached hydrogens (tertiary/aromatic N) is 4. The van der Waals surface area contributed by atoms with E-state index in [-0.39, 0.29) is 12.1 Å². The highest BCUT2D eigenvalue weighted by atomic mass is 32.2. The topological polar surface area (TPSA) is 190 Å². The van der Waals surface area contributed by atoms with E-state index in [9.17, 15) is 31.9 Å². The van der Waals surface area contributed by atoms with Gasteiger partial charge in [0.25, 0.3) is 15.9 Å². The van der Waals surface area contributed by atoms with Gasteiger partial charge in [-0.25, -0.2) is 28.5 Å². The summed E-state index contributed by atoms with van der Waals surface area (Å²) in [4.78, 5) is 40.0. The summed E-state index contributed by atoms with van der Waals surface area (Å²) in [5.41, 5.74) is 4.97. The Morgan fingerprint density at radius 1 is 0.974 bits per heavy atom. The number of aromatic nitrogens is 4. The van der Waals surface area contributed by atoms with Gasteiger partial charge in [-0.05, 0) is 36.4 Å². The highest BCUT2D eigenvalue weighted by molar-refractivity contribution is 7.92. The number of hydrogen-bond acceptors (Lipinski definition) is 9. The molecule has 1 aromatic carbocycles. The number of pyridine rings is 2. The third kappa shape index (κ3) is 6.45. The average molecular weight is 556 g/mol. The quantitative estimate of drug-likeness (QED) is 0.238. The standard InChI is InChI=1S/C24H19F2N7O5S/c25-17-10-19(33-39(37,38)21-5-2-13(11-31-21)22-28-6-1-7-29-22)18(26)9-16(17)23(34)32-20(24(35)36)8-15-4-3-14(27)12-30-15/h1-7,9-12,20,33H,8,27H2,(H,32,34)(H,35,36)/t20-/m0/s1. The van der Waals surface area contributed by atoms with Crippen molar-refractivity contribution in [3.63, 3.8) is 0 Å². The van der Waals surface area contributed by atoms with E-state index in [4.69, 9.17) is 5.73 Å². The van der Waals surface area contributed by atoms with Crippen molar-refractivity contribution in [2.45, 2.75) is 17.5 Å². The van der Waals surface area contributed by atoms with Crippen molar-refractivity contribution in [3.8, 4) is 11.4 Å². The molecule has 0 unspecified atom stereocenters. The van der Waals surface area contributed by atoms with Crippen molar-refractivity contribution in [1.29, 1.82) is 0 Å². The summed E-state index contributed by atoms with van der Waals surface area (Å²) in [5, 5.41) is 11.1. The highest BCUT2D eigenvalue weighted by Crippen LogP contribution is 2.23. The summed E-state index contributed by atoms with van der Waals surface area (Å²) >= 11 is 0. The lowest BCUT2D eigenvalue weighted by Gasteiger charge is -2.15. The molecule has 0 bridgehead atoms. The van der Waals surface area contributed by atoms with Crippen LogP contribution in [0.15, 0.2) is 72.3 Å². The molecule has 1 amide bonds. The first-order valence-electron chi connectivity index (χ1n) is 11.0. The van der Waals surface area contributed by atoms with Crippen LogP contribution in [0.4, 0.5) is 20.2 Å². The molecule has 0 aliphatic heterocycles. The zero-order valence-electron chi connectivity index (χ0n) is 19.7. The molecule has 0 aliphatic carbocycles. The molecule has 39 heavy (non-hydrogen) atoms. The highest BCUT2D eigenvalue weighted by Gasteiger charge is 2.26. The Hall–Kier alpha value is -5.05. The molecule has 0 saturated heterocycles. The van der Waals surface area contributed by atoms with Gasteiger partial charge in [0.05, 0.1) is 23.1 Å². The number of benzene rings is 1. The Morgan fingerprint density at radius 2 is 1.72 bits per heavy atom. The van der Waals surface area contributed by atoms with Gasteiger partial charge in [0.15, 0.2) is 10.9 Å². The lowest BCUT2D eigenvalue weighted by Crippen LogP contribution is -2.42. The van der Waals surface area contributed by atoms with Crippen molar-refractivity contribution in [3.05, 3.63) is 90.1 Å². The monoisotopic (exact) mass is 555 g/mol. The van der Waals surface area contributed by atoms with Crippen LogP contribution in [0.5, 0.6) is 0 Å². The Morgan fingerprint density at radius 3 is 2.33 bits per heavy atom. The average Bonchev–Trinajstić information content (AvgIpc) is 2.91. The van der Waals surface area contributed by atoms with E-state index >= 15 is 0 Å². The predicted molar refractivity (Wildman–Crippen MR) is 134 cm³/mol. The number of nitrogen functional groups attached to an aromatic ring is 1. The van der Waals surface area contributed by atoms with Crippen LogP contribution >= 0.6 is 0 Å². The number of hydrogen-bond donors (Lipinski definition) is 4. The fourth-order valence-corrected chi connectivity index (χ4v) is 4.31. The number of amides is 1. The van der Waals surface area contributed by atoms with E-state index in [1.54, 1.807) is 6.07 Å². The molecular formula is C24H19F2N7O5S. The van der Waals surface area contributed by atoms with Crippen LogP contribution < -0.4 is 15.8 Å². The number of sulfonamides is 1. The van der Waals surface area contributed by atoms with E-state index < -0.39 is 55.9 Å². The van der Waals surface area contributed by atoms with Gasteiger partial charge in [-0.3, -0.25) is 14.5 Å². The van der Waals surface area contributed by atoms with Gasteiger partial charge >= 0.3 is 5.97 Å². The van der Waals surface area contributed by atoms with E-state index in [2.05, 4.69) is 25.3 Å². The fraction of sp³-hybridized carbons (Fsp3) is 0.0833. The molecule has 4 rings (SSSR count). The molecule has 0 fully saturated rings. The number of nitrogens with two attached hydrogens (primary N) is 1. The van der Waals surface area contributed by atoms with Crippen LogP contribution in [-0.4, -0.2) is 51.4 Å². The van der Waals surface area contributed by atoms with E-state index in [0.29, 0.717) is 29.2 Å². The van der Waals surface area contributed by atoms with E-state index in [1.807, 2.05) is 4.72 Å². The number of carboxylic acid groups (broad SMARTS) is 1. The summed E-state index contributed by atoms with van der Waals surface area (Å²) in [6.45, 7) is 0. The molecular weight excluding hydrogens is 536 g/mol. The van der Waals surface area contributed by atoms with Crippen LogP contribution in [0.2, 0.25) is 0 Å². The van der Waals surface area contributed by atoms with Crippen molar-refractivity contribution in [2.75, 3.05) is 10.5 Å². The molecule has 12 nitrogen and oxygen atoms in total. The molecule has 3 heterocycles. The van der Waals surface area contributed by atoms with Crippen LogP contribution in [0, 0.1) is 11.6 Å². The van der Waals surface area contributed by atoms with Crippen molar-refractivity contribution >= 4 is 33.3 Å². The molecule has 1 atom stereocenters. The predicted octanol–water partition coefficient (Wildman–Crippen LogP) is 2.02. The van der Waals surface area contributed by atoms with Gasteiger partial charge in [-0.2, -0.15) is 8.42 Å². The maximum atomic E-state index is 14.8. The lowest BCUT2D eigenvalue weighted by molar-refractivity contribution is -0.139. The number of anilines is 2. The number of aliphatic carboxylic acids is 1. The summed E-state index contributed by atoms with van der Waals surface area (Å²) in [6.07, 6.45) is 5.23. The minimum atomic E-state index is -4.46. The van der Waals surface area contributed by atoms with E-state index in [1.165, 1.54) is 43.0 Å². The van der Waals surface area contributed by atoms with Gasteiger partial charge in [0.2, 0.25) is 0 Å². The zero-order chi connectivity index (χ0) is 28.2. The second-order valence-electron chi connectivity index (χ2n) is 8.03. The second-order valence-corrected chi connectivity index (χ2v) is 9.66. The van der Waals surface area contributed by atoms with Gasteiger partial charge in [-0.15, -0.1) is 0 Å². The second kappa shape index (κ2) is 11.1. The smallest absolute Gasteiger partial charge is 0.326 e. The third-order valence-electron chi connectivity index (χ3n) is 5.25. The summed E-state index contributed by atoms with van der Waals surface area (Å²) in [6, 6.07) is 6.45. The molecule has 0 saturated carbocycles. The van der Waals surface area contributed by atoms with Gasteiger partial charge in [0.1, 0.15) is 17.7 Å². The summed E-state index contributed by atoms with van der Waals surface area (Å²) < 4.78 is 56.8. The minimum absolute atomic E-state index is 0.258. The summed E-state index contributed by atoms with van der Waals surface area (Å²) in [7, 11) is -4.46. The zero-order valence-corrected chi connectivity index (χ0v) is 20.6. The first kappa shape index (κ1) is 27.0. The maximum Gasteiger partial charge on any atom is 0.326 e.